The van der Waals surface area contributed by atoms with Crippen molar-refractivity contribution in [1.82, 2.24) is 5.32 Å². The van der Waals surface area contributed by atoms with Crippen LogP contribution in [0.3, 0.4) is 0 Å². The summed E-state index contributed by atoms with van der Waals surface area (Å²) in [6, 6.07) is 6.27. The van der Waals surface area contributed by atoms with Gasteiger partial charge in [0.05, 0.1) is 17.4 Å². The molecule has 1 aliphatic rings. The third kappa shape index (κ3) is 1.44. The number of hydrogen-bond acceptors (Lipinski definition) is 3. The van der Waals surface area contributed by atoms with E-state index in [1.807, 2.05) is 0 Å². The molecule has 14 heavy (non-hydrogen) atoms. The van der Waals surface area contributed by atoms with Crippen LogP contribution in [0.1, 0.15) is 18.0 Å². The molecule has 0 saturated carbocycles. The standard InChI is InChI=1S/C9H8N2O3/c12-9-5-8(10-9)6-2-1-3-7(4-6)11(13)14/h1-4,8H,5H2,(H,10,12). The van der Waals surface area contributed by atoms with Crippen LogP contribution in [-0.2, 0) is 4.79 Å². The smallest absolute Gasteiger partial charge is 0.269 e. The Morgan fingerprint density at radius 1 is 1.50 bits per heavy atom. The van der Waals surface area contributed by atoms with Gasteiger partial charge in [-0.3, -0.25) is 14.9 Å². The zero-order chi connectivity index (χ0) is 10.1. The van der Waals surface area contributed by atoms with Gasteiger partial charge in [0.25, 0.3) is 5.69 Å². The lowest BCUT2D eigenvalue weighted by Crippen LogP contribution is -2.41. The Balaban J connectivity index is 2.22. The zero-order valence-electron chi connectivity index (χ0n) is 7.27. The maximum Gasteiger partial charge on any atom is 0.269 e. The molecule has 5 nitrogen and oxygen atoms in total. The van der Waals surface area contributed by atoms with E-state index in [4.69, 9.17) is 0 Å². The van der Waals surface area contributed by atoms with E-state index in [9.17, 15) is 14.9 Å². The summed E-state index contributed by atoms with van der Waals surface area (Å²) in [6.45, 7) is 0. The molecule has 2 rings (SSSR count). The number of carbonyl (C=O) groups excluding carboxylic acids is 1. The summed E-state index contributed by atoms with van der Waals surface area (Å²) in [4.78, 5) is 20.7. The van der Waals surface area contributed by atoms with E-state index >= 15 is 0 Å². The van der Waals surface area contributed by atoms with E-state index in [0.717, 1.165) is 5.56 Å². The van der Waals surface area contributed by atoms with E-state index < -0.39 is 4.92 Å². The topological polar surface area (TPSA) is 72.2 Å². The summed E-state index contributed by atoms with van der Waals surface area (Å²) in [5.74, 6) is -0.0125. The lowest BCUT2D eigenvalue weighted by atomic mass is 9.97. The molecule has 1 heterocycles. The number of nitro benzene ring substituents is 1. The second kappa shape index (κ2) is 3.10. The highest BCUT2D eigenvalue weighted by Gasteiger charge is 2.27. The Morgan fingerprint density at radius 3 is 2.79 bits per heavy atom. The molecule has 0 aromatic heterocycles. The number of β-lactam (4-membered cyclic amide) rings is 1. The normalized spacial score (nSPS) is 19.7. The minimum absolute atomic E-state index is 0.0125. The van der Waals surface area contributed by atoms with Crippen LogP contribution in [0, 0.1) is 10.1 Å². The van der Waals surface area contributed by atoms with Crippen LogP contribution >= 0.6 is 0 Å². The summed E-state index contributed by atoms with van der Waals surface area (Å²) in [6.07, 6.45) is 0.418. The van der Waals surface area contributed by atoms with E-state index in [1.165, 1.54) is 12.1 Å². The Kier molecular flexibility index (Phi) is 1.92. The van der Waals surface area contributed by atoms with Crippen LogP contribution in [0.4, 0.5) is 5.69 Å². The molecule has 1 N–H and O–H groups in total. The third-order valence-electron chi connectivity index (χ3n) is 2.21. The molecule has 1 atom stereocenters. The molecule has 72 valence electrons. The molecule has 1 aromatic rings. The second-order valence-corrected chi connectivity index (χ2v) is 3.18. The molecule has 1 fully saturated rings. The quantitative estimate of drug-likeness (QED) is 0.434. The van der Waals surface area contributed by atoms with Crippen LogP contribution in [0.25, 0.3) is 0 Å². The van der Waals surface area contributed by atoms with Crippen LogP contribution in [0.5, 0.6) is 0 Å². The Morgan fingerprint density at radius 2 is 2.21 bits per heavy atom. The van der Waals surface area contributed by atoms with Crippen LogP contribution in [-0.4, -0.2) is 10.8 Å². The van der Waals surface area contributed by atoms with Crippen molar-refractivity contribution in [3.63, 3.8) is 0 Å². The fourth-order valence-electron chi connectivity index (χ4n) is 1.41. The van der Waals surface area contributed by atoms with Crippen molar-refractivity contribution in [3.05, 3.63) is 39.9 Å². The molecule has 1 amide bonds. The van der Waals surface area contributed by atoms with Gasteiger partial charge < -0.3 is 5.32 Å². The van der Waals surface area contributed by atoms with E-state index in [1.54, 1.807) is 12.1 Å². The van der Waals surface area contributed by atoms with Gasteiger partial charge in [-0.25, -0.2) is 0 Å². The summed E-state index contributed by atoms with van der Waals surface area (Å²) >= 11 is 0. The second-order valence-electron chi connectivity index (χ2n) is 3.18. The van der Waals surface area contributed by atoms with Gasteiger partial charge >= 0.3 is 0 Å². The predicted molar refractivity (Wildman–Crippen MR) is 48.6 cm³/mol. The number of nitro groups is 1. The first-order chi connectivity index (χ1) is 6.66. The molecule has 0 spiro atoms. The number of amides is 1. The number of hydrogen-bond donors (Lipinski definition) is 1. The molecule has 1 saturated heterocycles. The van der Waals surface area contributed by atoms with E-state index in [-0.39, 0.29) is 17.6 Å². The molecular weight excluding hydrogens is 184 g/mol. The number of benzene rings is 1. The highest BCUT2D eigenvalue weighted by atomic mass is 16.6. The lowest BCUT2D eigenvalue weighted by molar-refractivity contribution is -0.384. The van der Waals surface area contributed by atoms with Crippen molar-refractivity contribution in [3.8, 4) is 0 Å². The highest BCUT2D eigenvalue weighted by Crippen LogP contribution is 2.26. The van der Waals surface area contributed by atoms with Gasteiger partial charge in [-0.05, 0) is 5.56 Å². The van der Waals surface area contributed by atoms with Crippen LogP contribution < -0.4 is 5.32 Å². The average Bonchev–Trinajstić information content (AvgIpc) is 2.13. The Hall–Kier alpha value is -1.91. The summed E-state index contributed by atoms with van der Waals surface area (Å²) in [7, 11) is 0. The lowest BCUT2D eigenvalue weighted by Gasteiger charge is -2.26. The fourth-order valence-corrected chi connectivity index (χ4v) is 1.41. The number of nitrogens with one attached hydrogen (secondary N) is 1. The molecule has 5 heteroatoms. The maximum absolute atomic E-state index is 10.7. The van der Waals surface area contributed by atoms with Crippen LogP contribution in [0.15, 0.2) is 24.3 Å². The molecule has 0 radical (unpaired) electrons. The van der Waals surface area contributed by atoms with Crippen LogP contribution in [0.2, 0.25) is 0 Å². The first-order valence-electron chi connectivity index (χ1n) is 4.20. The highest BCUT2D eigenvalue weighted by molar-refractivity contribution is 5.83. The molecule has 0 aliphatic carbocycles. The predicted octanol–water partition coefficient (Wildman–Crippen LogP) is 1.16. The third-order valence-corrected chi connectivity index (χ3v) is 2.21. The minimum atomic E-state index is -0.440. The van der Waals surface area contributed by atoms with Crippen molar-refractivity contribution in [2.45, 2.75) is 12.5 Å². The molecule has 0 bridgehead atoms. The molecule has 1 aromatic carbocycles. The number of rotatable bonds is 2. The summed E-state index contributed by atoms with van der Waals surface area (Å²) < 4.78 is 0. The molecule has 1 aliphatic heterocycles. The monoisotopic (exact) mass is 192 g/mol. The van der Waals surface area contributed by atoms with Crippen molar-refractivity contribution < 1.29 is 9.72 Å². The largest absolute Gasteiger partial charge is 0.349 e. The van der Waals surface area contributed by atoms with Crippen molar-refractivity contribution in [1.29, 1.82) is 0 Å². The van der Waals surface area contributed by atoms with Gasteiger partial charge in [-0.15, -0.1) is 0 Å². The Labute approximate surface area is 79.9 Å². The Bertz CT molecular complexity index is 395. The van der Waals surface area contributed by atoms with Gasteiger partial charge in [-0.1, -0.05) is 12.1 Å². The number of carbonyl (C=O) groups is 1. The first kappa shape index (κ1) is 8.68. The van der Waals surface area contributed by atoms with E-state index in [0.29, 0.717) is 6.42 Å². The first-order valence-corrected chi connectivity index (χ1v) is 4.20. The summed E-state index contributed by atoms with van der Waals surface area (Å²) in [5, 5.41) is 13.1. The minimum Gasteiger partial charge on any atom is -0.349 e. The number of non-ortho nitro benzene ring substituents is 1. The molecule has 1 unspecified atom stereocenters. The van der Waals surface area contributed by atoms with Crippen molar-refractivity contribution in [2.75, 3.05) is 0 Å². The van der Waals surface area contributed by atoms with Gasteiger partial charge in [-0.2, -0.15) is 0 Å². The average molecular weight is 192 g/mol. The summed E-state index contributed by atoms with van der Waals surface area (Å²) in [5.41, 5.74) is 0.849. The van der Waals surface area contributed by atoms with Gasteiger partial charge in [0.15, 0.2) is 0 Å². The molecular formula is C9H8N2O3. The SMILES string of the molecule is O=C1CC(c2cccc([N+](=O)[O-])c2)N1. The van der Waals surface area contributed by atoms with Gasteiger partial charge in [0.2, 0.25) is 5.91 Å². The zero-order valence-corrected chi connectivity index (χ0v) is 7.27. The maximum atomic E-state index is 10.7. The van der Waals surface area contributed by atoms with E-state index in [2.05, 4.69) is 5.32 Å². The fraction of sp³-hybridized carbons (Fsp3) is 0.222. The van der Waals surface area contributed by atoms with Gasteiger partial charge in [0.1, 0.15) is 0 Å². The number of nitrogens with zero attached hydrogens (tertiary/aromatic N) is 1. The van der Waals surface area contributed by atoms with Crippen molar-refractivity contribution in [2.24, 2.45) is 0 Å². The van der Waals surface area contributed by atoms with Crippen molar-refractivity contribution >= 4 is 11.6 Å². The van der Waals surface area contributed by atoms with Gasteiger partial charge in [0, 0.05) is 12.1 Å².